The van der Waals surface area contributed by atoms with Crippen LogP contribution in [0.25, 0.3) is 0 Å². The van der Waals surface area contributed by atoms with E-state index in [0.29, 0.717) is 0 Å². The van der Waals surface area contributed by atoms with E-state index in [0.717, 1.165) is 28.4 Å². The largest absolute Gasteiger partial charge is 0.466 e. The second-order valence-corrected chi connectivity index (χ2v) is 9.12. The third-order valence-electron chi connectivity index (χ3n) is 3.71. The molecule has 0 unspecified atom stereocenters. The molecule has 2 aliphatic heterocycles. The molecular weight excluding hydrogens is 492 g/mol. The molecule has 8 nitrogen and oxygen atoms in total. The zero-order valence-corrected chi connectivity index (χ0v) is 18.5. The van der Waals surface area contributed by atoms with Crippen LogP contribution < -0.4 is 0 Å². The summed E-state index contributed by atoms with van der Waals surface area (Å²) in [4.78, 5) is 45.0. The minimum absolute atomic E-state index is 0.0844. The first-order valence-electron chi connectivity index (χ1n) is 7.75. The summed E-state index contributed by atoms with van der Waals surface area (Å²) in [6, 6.07) is 0. The third-order valence-corrected chi connectivity index (χ3v) is 8.02. The Morgan fingerprint density at radius 1 is 0.742 bits per heavy atom. The van der Waals surface area contributed by atoms with E-state index in [1.807, 2.05) is 0 Å². The lowest BCUT2D eigenvalue weighted by Crippen LogP contribution is -2.36. The Balaban J connectivity index is 2.90. The van der Waals surface area contributed by atoms with E-state index in [1.54, 1.807) is 0 Å². The van der Waals surface area contributed by atoms with Gasteiger partial charge in [0.25, 0.3) is 0 Å². The molecule has 15 heteroatoms. The standard InChI is InChI=1S/C16H12F4O8S3/c1-25-11(21)5-6(12(22)26-2)29-10(16(18,19)20)9(17)15(5)30-7(13(23)27-3)8(31-15)14(24)28-4/h1-4H3. The summed E-state index contributed by atoms with van der Waals surface area (Å²) >= 11 is -0.202. The van der Waals surface area contributed by atoms with E-state index >= 15 is 4.39 Å². The van der Waals surface area contributed by atoms with Crippen molar-refractivity contribution in [2.24, 2.45) is 0 Å². The van der Waals surface area contributed by atoms with Crippen LogP contribution in [0.5, 0.6) is 0 Å². The van der Waals surface area contributed by atoms with Crippen molar-refractivity contribution in [3.8, 4) is 0 Å². The Kier molecular flexibility index (Phi) is 7.43. The van der Waals surface area contributed by atoms with Gasteiger partial charge >= 0.3 is 30.1 Å². The van der Waals surface area contributed by atoms with Crippen LogP contribution in [-0.2, 0) is 38.1 Å². The van der Waals surface area contributed by atoms with E-state index in [2.05, 4.69) is 18.9 Å². The van der Waals surface area contributed by atoms with E-state index in [1.165, 1.54) is 0 Å². The second-order valence-electron chi connectivity index (χ2n) is 5.39. The van der Waals surface area contributed by atoms with Crippen LogP contribution in [0.2, 0.25) is 0 Å². The fourth-order valence-corrected chi connectivity index (χ4v) is 6.86. The summed E-state index contributed by atoms with van der Waals surface area (Å²) < 4.78 is 71.6. The van der Waals surface area contributed by atoms with Crippen molar-refractivity contribution in [3.63, 3.8) is 0 Å². The Labute approximate surface area is 184 Å². The minimum atomic E-state index is -5.29. The lowest BCUT2D eigenvalue weighted by Gasteiger charge is -2.34. The van der Waals surface area contributed by atoms with Gasteiger partial charge in [-0.05, 0) is 0 Å². The van der Waals surface area contributed by atoms with Crippen molar-refractivity contribution in [1.29, 1.82) is 0 Å². The van der Waals surface area contributed by atoms with Crippen LogP contribution in [0.1, 0.15) is 0 Å². The zero-order chi connectivity index (χ0) is 23.7. The van der Waals surface area contributed by atoms with E-state index < -0.39 is 65.2 Å². The molecular formula is C16H12F4O8S3. The minimum Gasteiger partial charge on any atom is -0.466 e. The highest BCUT2D eigenvalue weighted by molar-refractivity contribution is 8.26. The Hall–Kier alpha value is -2.13. The molecule has 2 aliphatic rings. The van der Waals surface area contributed by atoms with Crippen LogP contribution in [0.3, 0.4) is 0 Å². The van der Waals surface area contributed by atoms with Crippen LogP contribution in [0.4, 0.5) is 17.6 Å². The van der Waals surface area contributed by atoms with Gasteiger partial charge in [0.15, 0.2) is 9.91 Å². The molecule has 0 aromatic heterocycles. The molecule has 0 N–H and O–H groups in total. The maximum Gasteiger partial charge on any atom is 0.425 e. The predicted molar refractivity (Wildman–Crippen MR) is 102 cm³/mol. The number of allylic oxidation sites excluding steroid dienone is 1. The number of ether oxygens (including phenoxy) is 4. The number of carbonyl (C=O) groups excluding carboxylic acids is 4. The highest BCUT2D eigenvalue weighted by Gasteiger charge is 2.61. The van der Waals surface area contributed by atoms with Gasteiger partial charge in [-0.15, -0.1) is 0 Å². The smallest absolute Gasteiger partial charge is 0.425 e. The second kappa shape index (κ2) is 9.16. The molecule has 2 heterocycles. The zero-order valence-electron chi connectivity index (χ0n) is 16.0. The van der Waals surface area contributed by atoms with Crippen molar-refractivity contribution < 1.29 is 55.7 Å². The number of hydrogen-bond donors (Lipinski definition) is 0. The number of thioether (sulfide) groups is 3. The number of carbonyl (C=O) groups is 4. The SMILES string of the molecule is COC(=O)C1=C(C(=O)OC)SC2(S1)C(F)=C(C(F)(F)F)SC(C(=O)OC)=C2C(=O)OC. The summed E-state index contributed by atoms with van der Waals surface area (Å²) in [5.74, 6) is -7.07. The van der Waals surface area contributed by atoms with Crippen molar-refractivity contribution in [2.45, 2.75) is 10.3 Å². The van der Waals surface area contributed by atoms with Gasteiger partial charge in [0.2, 0.25) is 0 Å². The van der Waals surface area contributed by atoms with Crippen molar-refractivity contribution >= 4 is 59.2 Å². The van der Waals surface area contributed by atoms with Crippen LogP contribution in [0, 0.1) is 0 Å². The lowest BCUT2D eigenvalue weighted by atomic mass is 10.1. The number of rotatable bonds is 4. The molecule has 31 heavy (non-hydrogen) atoms. The molecule has 0 aromatic rings. The quantitative estimate of drug-likeness (QED) is 0.321. The van der Waals surface area contributed by atoms with E-state index in [-0.39, 0.29) is 35.3 Å². The van der Waals surface area contributed by atoms with Gasteiger partial charge in [-0.25, -0.2) is 23.6 Å². The monoisotopic (exact) mass is 504 g/mol. The molecule has 170 valence electrons. The Bertz CT molecular complexity index is 923. The average Bonchev–Trinajstić information content (AvgIpc) is 3.13. The fraction of sp³-hybridized carbons (Fsp3) is 0.375. The molecule has 0 aromatic carbocycles. The predicted octanol–water partition coefficient (Wildman–Crippen LogP) is 2.81. The molecule has 1 spiro atoms. The van der Waals surface area contributed by atoms with E-state index in [4.69, 9.17) is 0 Å². The van der Waals surface area contributed by atoms with Gasteiger partial charge in [0.1, 0.15) is 19.6 Å². The maximum absolute atomic E-state index is 15.4. The van der Waals surface area contributed by atoms with Crippen LogP contribution >= 0.6 is 35.3 Å². The highest BCUT2D eigenvalue weighted by Crippen LogP contribution is 2.67. The Morgan fingerprint density at radius 2 is 1.13 bits per heavy atom. The highest BCUT2D eigenvalue weighted by atomic mass is 32.2. The van der Waals surface area contributed by atoms with Gasteiger partial charge in [0, 0.05) is 0 Å². The van der Waals surface area contributed by atoms with Crippen molar-refractivity contribution in [3.05, 3.63) is 31.0 Å². The Morgan fingerprint density at radius 3 is 1.48 bits per heavy atom. The summed E-state index contributed by atoms with van der Waals surface area (Å²) in [5.41, 5.74) is -0.882. The molecule has 0 atom stereocenters. The first-order valence-corrected chi connectivity index (χ1v) is 10.2. The van der Waals surface area contributed by atoms with Gasteiger partial charge in [-0.3, -0.25) is 0 Å². The summed E-state index contributed by atoms with van der Waals surface area (Å²) in [6.07, 6.45) is -5.29. The van der Waals surface area contributed by atoms with Gasteiger partial charge in [-0.2, -0.15) is 13.2 Å². The topological polar surface area (TPSA) is 105 Å². The fourth-order valence-electron chi connectivity index (χ4n) is 2.40. The number of methoxy groups -OCH3 is 4. The normalized spacial score (nSPS) is 18.3. The van der Waals surface area contributed by atoms with Gasteiger partial charge < -0.3 is 18.9 Å². The molecule has 0 amide bonds. The first kappa shape index (κ1) is 25.1. The number of alkyl halides is 3. The molecule has 0 radical (unpaired) electrons. The molecule has 0 saturated carbocycles. The van der Waals surface area contributed by atoms with Crippen LogP contribution in [0.15, 0.2) is 31.0 Å². The molecule has 2 rings (SSSR count). The number of halogens is 4. The summed E-state index contributed by atoms with van der Waals surface area (Å²) in [5, 5.41) is 0. The number of hydrogen-bond acceptors (Lipinski definition) is 11. The third kappa shape index (κ3) is 4.30. The van der Waals surface area contributed by atoms with Gasteiger partial charge in [0.05, 0.1) is 34.0 Å². The van der Waals surface area contributed by atoms with Crippen molar-refractivity contribution in [2.75, 3.05) is 28.4 Å². The first-order chi connectivity index (χ1) is 14.4. The maximum atomic E-state index is 15.4. The summed E-state index contributed by atoms with van der Waals surface area (Å²) in [6.45, 7) is 0. The molecule has 0 bridgehead atoms. The number of esters is 4. The van der Waals surface area contributed by atoms with Crippen molar-refractivity contribution in [1.82, 2.24) is 0 Å². The lowest BCUT2D eigenvalue weighted by molar-refractivity contribution is -0.139. The molecule has 0 aliphatic carbocycles. The molecule has 0 fully saturated rings. The average molecular weight is 504 g/mol. The molecule has 0 saturated heterocycles. The van der Waals surface area contributed by atoms with E-state index in [9.17, 15) is 32.3 Å². The summed E-state index contributed by atoms with van der Waals surface area (Å²) in [7, 11) is 3.53. The van der Waals surface area contributed by atoms with Crippen LogP contribution in [-0.4, -0.2) is 62.6 Å². The van der Waals surface area contributed by atoms with Gasteiger partial charge in [-0.1, -0.05) is 35.3 Å².